The maximum atomic E-state index is 3.44. The van der Waals surface area contributed by atoms with Crippen molar-refractivity contribution in [3.8, 4) is 0 Å². The molecule has 1 rings (SSSR count). The highest BCUT2D eigenvalue weighted by molar-refractivity contribution is 7.07. The minimum absolute atomic E-state index is 0.634. The summed E-state index contributed by atoms with van der Waals surface area (Å²) < 4.78 is 0. The van der Waals surface area contributed by atoms with Crippen molar-refractivity contribution in [2.75, 3.05) is 0 Å². The average molecular weight is 169 g/mol. The van der Waals surface area contributed by atoms with E-state index in [1.54, 1.807) is 11.3 Å². The molecular weight excluding hydrogens is 154 g/mol. The third-order valence-electron chi connectivity index (χ3n) is 1.85. The summed E-state index contributed by atoms with van der Waals surface area (Å²) in [4.78, 5) is 0. The Bertz CT molecular complexity index is 181. The van der Waals surface area contributed by atoms with Gasteiger partial charge in [0.1, 0.15) is 0 Å². The van der Waals surface area contributed by atoms with Gasteiger partial charge in [0.05, 0.1) is 0 Å². The van der Waals surface area contributed by atoms with Crippen LogP contribution in [-0.4, -0.2) is 6.04 Å². The van der Waals surface area contributed by atoms with Gasteiger partial charge in [0.2, 0.25) is 0 Å². The van der Waals surface area contributed by atoms with E-state index in [4.69, 9.17) is 0 Å². The molecule has 62 valence electrons. The topological polar surface area (TPSA) is 12.0 Å². The summed E-state index contributed by atoms with van der Waals surface area (Å²) in [6.07, 6.45) is 1.20. The van der Waals surface area contributed by atoms with Crippen LogP contribution in [0.4, 0.5) is 0 Å². The lowest BCUT2D eigenvalue weighted by molar-refractivity contribution is 0.535. The maximum Gasteiger partial charge on any atom is 0.0216 e. The molecule has 0 aliphatic rings. The van der Waals surface area contributed by atoms with Gasteiger partial charge in [-0.1, -0.05) is 6.92 Å². The highest BCUT2D eigenvalue weighted by Crippen LogP contribution is 2.05. The van der Waals surface area contributed by atoms with Gasteiger partial charge in [-0.3, -0.25) is 0 Å². The molecule has 2 heteroatoms. The Balaban J connectivity index is 2.23. The van der Waals surface area contributed by atoms with Crippen LogP contribution in [-0.2, 0) is 6.54 Å². The fourth-order valence-corrected chi connectivity index (χ4v) is 1.50. The smallest absolute Gasteiger partial charge is 0.0216 e. The number of hydrogen-bond acceptors (Lipinski definition) is 2. The highest BCUT2D eigenvalue weighted by atomic mass is 32.1. The summed E-state index contributed by atoms with van der Waals surface area (Å²) in [6.45, 7) is 5.43. The van der Waals surface area contributed by atoms with Crippen molar-refractivity contribution in [2.24, 2.45) is 0 Å². The summed E-state index contributed by atoms with van der Waals surface area (Å²) >= 11 is 1.76. The van der Waals surface area contributed by atoms with E-state index in [0.29, 0.717) is 6.04 Å². The first-order chi connectivity index (χ1) is 5.33. The lowest BCUT2D eigenvalue weighted by atomic mass is 10.2. The standard InChI is InChI=1S/C9H15NS/c1-3-8(2)10-6-9-4-5-11-7-9/h4-5,7-8,10H,3,6H2,1-2H3/t8-/m1/s1. The molecule has 0 radical (unpaired) electrons. The summed E-state index contributed by atoms with van der Waals surface area (Å²) in [5.74, 6) is 0. The molecule has 0 unspecified atom stereocenters. The molecule has 1 atom stereocenters. The third-order valence-corrected chi connectivity index (χ3v) is 2.58. The normalized spacial score (nSPS) is 13.3. The second-order valence-corrected chi connectivity index (χ2v) is 3.60. The highest BCUT2D eigenvalue weighted by Gasteiger charge is 1.97. The van der Waals surface area contributed by atoms with Crippen LogP contribution in [0.5, 0.6) is 0 Å². The molecule has 0 bridgehead atoms. The van der Waals surface area contributed by atoms with Crippen molar-refractivity contribution in [1.29, 1.82) is 0 Å². The van der Waals surface area contributed by atoms with Crippen LogP contribution >= 0.6 is 11.3 Å². The molecule has 1 heterocycles. The lowest BCUT2D eigenvalue weighted by Gasteiger charge is -2.09. The molecule has 1 nitrogen and oxygen atoms in total. The molecule has 0 fully saturated rings. The fraction of sp³-hybridized carbons (Fsp3) is 0.556. The summed E-state index contributed by atoms with van der Waals surface area (Å²) in [5, 5.41) is 7.75. The van der Waals surface area contributed by atoms with E-state index in [1.807, 2.05) is 0 Å². The van der Waals surface area contributed by atoms with Crippen LogP contribution in [0.2, 0.25) is 0 Å². The first-order valence-corrected chi connectivity index (χ1v) is 5.01. The molecule has 11 heavy (non-hydrogen) atoms. The molecular formula is C9H15NS. The molecule has 1 aromatic heterocycles. The van der Waals surface area contributed by atoms with E-state index >= 15 is 0 Å². The van der Waals surface area contributed by atoms with Gasteiger partial charge >= 0.3 is 0 Å². The number of nitrogens with one attached hydrogen (secondary N) is 1. The number of hydrogen-bond donors (Lipinski definition) is 1. The van der Waals surface area contributed by atoms with E-state index in [9.17, 15) is 0 Å². The van der Waals surface area contributed by atoms with Crippen LogP contribution in [0.25, 0.3) is 0 Å². The second-order valence-electron chi connectivity index (χ2n) is 2.82. The number of rotatable bonds is 4. The van der Waals surface area contributed by atoms with Gasteiger partial charge in [-0.15, -0.1) is 0 Å². The van der Waals surface area contributed by atoms with Crippen LogP contribution in [0.15, 0.2) is 16.8 Å². The third kappa shape index (κ3) is 3.04. The minimum atomic E-state index is 0.634. The molecule has 1 N–H and O–H groups in total. The van der Waals surface area contributed by atoms with Crippen LogP contribution in [0, 0.1) is 0 Å². The largest absolute Gasteiger partial charge is 0.310 e. The molecule has 0 saturated carbocycles. The molecule has 0 saturated heterocycles. The zero-order valence-electron chi connectivity index (χ0n) is 7.13. The van der Waals surface area contributed by atoms with Crippen LogP contribution in [0.1, 0.15) is 25.8 Å². The number of thiophene rings is 1. The fourth-order valence-electron chi connectivity index (χ4n) is 0.830. The van der Waals surface area contributed by atoms with Gasteiger partial charge in [0.15, 0.2) is 0 Å². The molecule has 0 spiro atoms. The first-order valence-electron chi connectivity index (χ1n) is 4.07. The molecule has 0 aromatic carbocycles. The summed E-state index contributed by atoms with van der Waals surface area (Å²) in [6, 6.07) is 2.80. The quantitative estimate of drug-likeness (QED) is 0.730. The Kier molecular flexibility index (Phi) is 3.60. The van der Waals surface area contributed by atoms with E-state index < -0.39 is 0 Å². The Morgan fingerprint density at radius 1 is 1.64 bits per heavy atom. The van der Waals surface area contributed by atoms with Gasteiger partial charge in [0.25, 0.3) is 0 Å². The van der Waals surface area contributed by atoms with Crippen LogP contribution < -0.4 is 5.32 Å². The average Bonchev–Trinajstić information content (AvgIpc) is 2.52. The molecule has 1 aromatic rings. The van der Waals surface area contributed by atoms with Crippen molar-refractivity contribution < 1.29 is 0 Å². The Morgan fingerprint density at radius 3 is 3.00 bits per heavy atom. The van der Waals surface area contributed by atoms with Gasteiger partial charge in [-0.25, -0.2) is 0 Å². The zero-order chi connectivity index (χ0) is 8.10. The first kappa shape index (κ1) is 8.75. The predicted octanol–water partition coefficient (Wildman–Crippen LogP) is 2.64. The van der Waals surface area contributed by atoms with Gasteiger partial charge in [0, 0.05) is 12.6 Å². The van der Waals surface area contributed by atoms with Crippen molar-refractivity contribution >= 4 is 11.3 Å². The molecule has 0 amide bonds. The zero-order valence-corrected chi connectivity index (χ0v) is 7.95. The molecule has 0 aliphatic heterocycles. The SMILES string of the molecule is CC[C@@H](C)NCc1ccsc1. The molecule has 0 aliphatic carbocycles. The van der Waals surface area contributed by atoms with E-state index in [1.165, 1.54) is 12.0 Å². The van der Waals surface area contributed by atoms with Gasteiger partial charge in [-0.05, 0) is 35.7 Å². The van der Waals surface area contributed by atoms with Crippen LogP contribution in [0.3, 0.4) is 0 Å². The van der Waals surface area contributed by atoms with Crippen molar-refractivity contribution in [3.05, 3.63) is 22.4 Å². The van der Waals surface area contributed by atoms with Crippen molar-refractivity contribution in [1.82, 2.24) is 5.32 Å². The lowest BCUT2D eigenvalue weighted by Crippen LogP contribution is -2.24. The Hall–Kier alpha value is -0.340. The van der Waals surface area contributed by atoms with Gasteiger partial charge in [-0.2, -0.15) is 11.3 Å². The van der Waals surface area contributed by atoms with E-state index in [2.05, 4.69) is 36.0 Å². The predicted molar refractivity (Wildman–Crippen MR) is 50.9 cm³/mol. The van der Waals surface area contributed by atoms with Crippen molar-refractivity contribution in [2.45, 2.75) is 32.9 Å². The minimum Gasteiger partial charge on any atom is -0.310 e. The maximum absolute atomic E-state index is 3.44. The summed E-state index contributed by atoms with van der Waals surface area (Å²) in [7, 11) is 0. The summed E-state index contributed by atoms with van der Waals surface area (Å²) in [5.41, 5.74) is 1.40. The van der Waals surface area contributed by atoms with E-state index in [-0.39, 0.29) is 0 Å². The van der Waals surface area contributed by atoms with E-state index in [0.717, 1.165) is 6.54 Å². The van der Waals surface area contributed by atoms with Gasteiger partial charge < -0.3 is 5.32 Å². The Morgan fingerprint density at radius 2 is 2.45 bits per heavy atom. The second kappa shape index (κ2) is 4.52. The Labute approximate surface area is 72.4 Å². The van der Waals surface area contributed by atoms with Crippen molar-refractivity contribution in [3.63, 3.8) is 0 Å². The monoisotopic (exact) mass is 169 g/mol.